The summed E-state index contributed by atoms with van der Waals surface area (Å²) in [7, 11) is 0. The van der Waals surface area contributed by atoms with Crippen LogP contribution in [0.15, 0.2) is 48.5 Å². The topological polar surface area (TPSA) is 49.4 Å². The molecule has 0 aromatic heterocycles. The third-order valence-corrected chi connectivity index (χ3v) is 6.26. The normalized spacial score (nSPS) is 21.0. The summed E-state index contributed by atoms with van der Waals surface area (Å²) in [6.07, 6.45) is 3.33. The van der Waals surface area contributed by atoms with Crippen molar-refractivity contribution in [3.8, 4) is 0 Å². The SMILES string of the molecule is Cc1cccc(N2CC(C(=O)NC3(c4ccccc4)CCC3)CC2=O)c1C. The summed E-state index contributed by atoms with van der Waals surface area (Å²) < 4.78 is 0. The molecule has 27 heavy (non-hydrogen) atoms. The average Bonchev–Trinajstić information content (AvgIpc) is 3.03. The Morgan fingerprint density at radius 1 is 1.07 bits per heavy atom. The largest absolute Gasteiger partial charge is 0.346 e. The molecule has 0 radical (unpaired) electrons. The zero-order valence-corrected chi connectivity index (χ0v) is 16.0. The van der Waals surface area contributed by atoms with E-state index in [1.165, 1.54) is 5.56 Å². The molecule has 1 heterocycles. The van der Waals surface area contributed by atoms with Crippen molar-refractivity contribution < 1.29 is 9.59 Å². The van der Waals surface area contributed by atoms with Gasteiger partial charge in [0.2, 0.25) is 11.8 Å². The highest BCUT2D eigenvalue weighted by Crippen LogP contribution is 2.41. The van der Waals surface area contributed by atoms with Gasteiger partial charge in [0, 0.05) is 18.7 Å². The minimum absolute atomic E-state index is 0.000269. The minimum atomic E-state index is -0.293. The monoisotopic (exact) mass is 362 g/mol. The van der Waals surface area contributed by atoms with Crippen LogP contribution in [0.4, 0.5) is 5.69 Å². The van der Waals surface area contributed by atoms with Gasteiger partial charge in [-0.1, -0.05) is 42.5 Å². The number of rotatable bonds is 4. The molecule has 0 bridgehead atoms. The van der Waals surface area contributed by atoms with Crippen molar-refractivity contribution in [2.75, 3.05) is 11.4 Å². The Morgan fingerprint density at radius 3 is 2.48 bits per heavy atom. The van der Waals surface area contributed by atoms with Crippen LogP contribution in [0.2, 0.25) is 0 Å². The van der Waals surface area contributed by atoms with E-state index in [4.69, 9.17) is 0 Å². The molecule has 1 N–H and O–H groups in total. The zero-order chi connectivity index (χ0) is 19.0. The molecule has 1 saturated heterocycles. The Morgan fingerprint density at radius 2 is 1.81 bits per heavy atom. The molecular formula is C23H26N2O2. The van der Waals surface area contributed by atoms with Crippen molar-refractivity contribution in [2.24, 2.45) is 5.92 Å². The summed E-state index contributed by atoms with van der Waals surface area (Å²) in [5.41, 5.74) is 4.10. The van der Waals surface area contributed by atoms with Gasteiger partial charge in [-0.05, 0) is 55.9 Å². The highest BCUT2D eigenvalue weighted by Gasteiger charge is 2.43. The van der Waals surface area contributed by atoms with E-state index >= 15 is 0 Å². The molecule has 1 atom stereocenters. The molecule has 4 heteroatoms. The van der Waals surface area contributed by atoms with Gasteiger partial charge in [-0.2, -0.15) is 0 Å². The molecule has 1 aliphatic carbocycles. The van der Waals surface area contributed by atoms with E-state index in [1.807, 2.05) is 50.2 Å². The number of aryl methyl sites for hydroxylation is 1. The van der Waals surface area contributed by atoms with E-state index < -0.39 is 0 Å². The summed E-state index contributed by atoms with van der Waals surface area (Å²) in [6, 6.07) is 16.2. The second kappa shape index (κ2) is 6.84. The van der Waals surface area contributed by atoms with Gasteiger partial charge in [0.15, 0.2) is 0 Å². The number of anilines is 1. The van der Waals surface area contributed by atoms with Crippen molar-refractivity contribution in [1.29, 1.82) is 0 Å². The highest BCUT2D eigenvalue weighted by molar-refractivity contribution is 6.01. The third kappa shape index (κ3) is 3.14. The molecule has 140 valence electrons. The van der Waals surface area contributed by atoms with Gasteiger partial charge in [0.25, 0.3) is 0 Å². The van der Waals surface area contributed by atoms with E-state index in [9.17, 15) is 9.59 Å². The maximum Gasteiger partial charge on any atom is 0.227 e. The third-order valence-electron chi connectivity index (χ3n) is 6.26. The Hall–Kier alpha value is -2.62. The van der Waals surface area contributed by atoms with Crippen LogP contribution >= 0.6 is 0 Å². The first-order valence-corrected chi connectivity index (χ1v) is 9.74. The first-order chi connectivity index (χ1) is 13.0. The van der Waals surface area contributed by atoms with E-state index in [0.29, 0.717) is 6.54 Å². The first kappa shape index (κ1) is 17.8. The summed E-state index contributed by atoms with van der Waals surface area (Å²) in [5.74, 6) is -0.260. The highest BCUT2D eigenvalue weighted by atomic mass is 16.2. The number of hydrogen-bond acceptors (Lipinski definition) is 2. The molecule has 4 rings (SSSR count). The van der Waals surface area contributed by atoms with E-state index in [-0.39, 0.29) is 29.7 Å². The number of carbonyl (C=O) groups excluding carboxylic acids is 2. The fourth-order valence-electron chi connectivity index (χ4n) is 4.26. The molecule has 2 fully saturated rings. The Labute approximate surface area is 160 Å². The number of benzene rings is 2. The van der Waals surface area contributed by atoms with Gasteiger partial charge in [-0.3, -0.25) is 9.59 Å². The van der Waals surface area contributed by atoms with Crippen LogP contribution in [0, 0.1) is 19.8 Å². The molecule has 2 aliphatic rings. The van der Waals surface area contributed by atoms with Crippen LogP contribution in [0.3, 0.4) is 0 Å². The van der Waals surface area contributed by atoms with Gasteiger partial charge < -0.3 is 10.2 Å². The standard InChI is InChI=1S/C23H26N2O2/c1-16-8-6-11-20(17(16)2)25-15-18(14-21(25)26)22(27)24-23(12-7-13-23)19-9-4-3-5-10-19/h3-6,8-11,18H,7,12-15H2,1-2H3,(H,24,27). The quantitative estimate of drug-likeness (QED) is 0.898. The minimum Gasteiger partial charge on any atom is -0.346 e. The molecule has 1 unspecified atom stereocenters. The number of hydrogen-bond donors (Lipinski definition) is 1. The Bertz CT molecular complexity index is 871. The van der Waals surface area contributed by atoms with E-state index in [1.54, 1.807) is 4.90 Å². The maximum atomic E-state index is 13.0. The predicted octanol–water partition coefficient (Wildman–Crippen LogP) is 3.85. The Balaban J connectivity index is 1.51. The van der Waals surface area contributed by atoms with Gasteiger partial charge in [-0.25, -0.2) is 0 Å². The molecular weight excluding hydrogens is 336 g/mol. The molecule has 4 nitrogen and oxygen atoms in total. The fraction of sp³-hybridized carbons (Fsp3) is 0.391. The van der Waals surface area contributed by atoms with E-state index in [2.05, 4.69) is 17.4 Å². The van der Waals surface area contributed by atoms with Crippen molar-refractivity contribution in [2.45, 2.75) is 45.1 Å². The van der Waals surface area contributed by atoms with Crippen molar-refractivity contribution in [3.63, 3.8) is 0 Å². The molecule has 2 aromatic carbocycles. The van der Waals surface area contributed by atoms with Crippen molar-refractivity contribution >= 4 is 17.5 Å². The lowest BCUT2D eigenvalue weighted by Gasteiger charge is -2.43. The zero-order valence-electron chi connectivity index (χ0n) is 16.0. The second-order valence-electron chi connectivity index (χ2n) is 7.92. The Kier molecular flexibility index (Phi) is 4.50. The summed E-state index contributed by atoms with van der Waals surface area (Å²) in [4.78, 5) is 27.4. The lowest BCUT2D eigenvalue weighted by Crippen LogP contribution is -2.52. The molecule has 2 amide bonds. The lowest BCUT2D eigenvalue weighted by molar-refractivity contribution is -0.129. The average molecular weight is 362 g/mol. The number of carbonyl (C=O) groups is 2. The molecule has 1 aliphatic heterocycles. The van der Waals surface area contributed by atoms with Crippen LogP contribution in [-0.2, 0) is 15.1 Å². The van der Waals surface area contributed by atoms with Gasteiger partial charge >= 0.3 is 0 Å². The number of nitrogens with one attached hydrogen (secondary N) is 1. The lowest BCUT2D eigenvalue weighted by atomic mass is 9.71. The number of amides is 2. The summed E-state index contributed by atoms with van der Waals surface area (Å²) in [6.45, 7) is 4.54. The second-order valence-corrected chi connectivity index (χ2v) is 7.92. The summed E-state index contributed by atoms with van der Waals surface area (Å²) in [5, 5.41) is 3.29. The van der Waals surface area contributed by atoms with Gasteiger partial charge in [0.05, 0.1) is 11.5 Å². The van der Waals surface area contributed by atoms with Crippen molar-refractivity contribution in [3.05, 3.63) is 65.2 Å². The molecule has 1 saturated carbocycles. The van der Waals surface area contributed by atoms with Crippen LogP contribution in [0.25, 0.3) is 0 Å². The van der Waals surface area contributed by atoms with Gasteiger partial charge in [-0.15, -0.1) is 0 Å². The summed E-state index contributed by atoms with van der Waals surface area (Å²) >= 11 is 0. The first-order valence-electron chi connectivity index (χ1n) is 9.74. The van der Waals surface area contributed by atoms with E-state index in [0.717, 1.165) is 36.1 Å². The smallest absolute Gasteiger partial charge is 0.227 e. The molecule has 2 aromatic rings. The number of nitrogens with zero attached hydrogens (tertiary/aromatic N) is 1. The fourth-order valence-corrected chi connectivity index (χ4v) is 4.26. The molecule has 0 spiro atoms. The van der Waals surface area contributed by atoms with Crippen LogP contribution in [-0.4, -0.2) is 18.4 Å². The predicted molar refractivity (Wildman–Crippen MR) is 106 cm³/mol. The van der Waals surface area contributed by atoms with Crippen LogP contribution < -0.4 is 10.2 Å². The van der Waals surface area contributed by atoms with Crippen LogP contribution in [0.1, 0.15) is 42.4 Å². The maximum absolute atomic E-state index is 13.0. The van der Waals surface area contributed by atoms with Crippen LogP contribution in [0.5, 0.6) is 0 Å². The van der Waals surface area contributed by atoms with Crippen molar-refractivity contribution in [1.82, 2.24) is 5.32 Å². The van der Waals surface area contributed by atoms with Gasteiger partial charge in [0.1, 0.15) is 0 Å².